The van der Waals surface area contributed by atoms with Crippen LogP contribution in [0.2, 0.25) is 5.04 Å². The first kappa shape index (κ1) is 28.1. The van der Waals surface area contributed by atoms with Gasteiger partial charge in [0, 0.05) is 21.0 Å². The third-order valence-corrected chi connectivity index (χ3v) is 11.5. The summed E-state index contributed by atoms with van der Waals surface area (Å²) < 4.78 is 29.8. The summed E-state index contributed by atoms with van der Waals surface area (Å²) in [5, 5.41) is 2.18. The minimum atomic E-state index is -2.76. The van der Waals surface area contributed by atoms with E-state index in [1.165, 1.54) is 31.3 Å². The monoisotopic (exact) mass is 514 g/mol. The Balaban J connectivity index is 1.94. The molecule has 0 amide bonds. The third-order valence-electron chi connectivity index (χ3n) is 6.49. The molecule has 7 nitrogen and oxygen atoms in total. The van der Waals surface area contributed by atoms with E-state index in [0.29, 0.717) is 19.4 Å². The molecule has 2 aromatic rings. The number of carbonyl (C=O) groups is 2. The van der Waals surface area contributed by atoms with E-state index in [0.717, 1.165) is 0 Å². The highest BCUT2D eigenvalue weighted by Crippen LogP contribution is 2.37. The number of methoxy groups -OCH3 is 1. The number of rotatable bonds is 8. The molecule has 4 atom stereocenters. The molecule has 1 heterocycles. The first-order valence-corrected chi connectivity index (χ1v) is 14.3. The number of esters is 2. The van der Waals surface area contributed by atoms with Crippen molar-refractivity contribution in [3.8, 4) is 0 Å². The summed E-state index contributed by atoms with van der Waals surface area (Å²) >= 11 is 0. The lowest BCUT2D eigenvalue weighted by Crippen LogP contribution is -2.67. The average molecular weight is 515 g/mol. The Morgan fingerprint density at radius 3 is 1.86 bits per heavy atom. The molecular weight excluding hydrogens is 476 g/mol. The van der Waals surface area contributed by atoms with Gasteiger partial charge < -0.3 is 23.4 Å². The molecule has 0 aliphatic carbocycles. The topological polar surface area (TPSA) is 80.3 Å². The molecule has 36 heavy (non-hydrogen) atoms. The van der Waals surface area contributed by atoms with Crippen molar-refractivity contribution in [2.24, 2.45) is 0 Å². The number of benzene rings is 2. The maximum atomic E-state index is 11.8. The van der Waals surface area contributed by atoms with Gasteiger partial charge in [0.15, 0.2) is 12.4 Å². The number of carbonyl (C=O) groups excluding carboxylic acids is 2. The summed E-state index contributed by atoms with van der Waals surface area (Å²) in [5.41, 5.74) is 0. The number of hydrogen-bond acceptors (Lipinski definition) is 7. The van der Waals surface area contributed by atoms with Gasteiger partial charge in [-0.2, -0.15) is 0 Å². The molecule has 3 rings (SSSR count). The van der Waals surface area contributed by atoms with E-state index in [4.69, 9.17) is 23.4 Å². The van der Waals surface area contributed by atoms with Gasteiger partial charge in [0.25, 0.3) is 8.32 Å². The van der Waals surface area contributed by atoms with Gasteiger partial charge in [-0.1, -0.05) is 81.4 Å². The second-order valence-corrected chi connectivity index (χ2v) is 14.4. The van der Waals surface area contributed by atoms with Gasteiger partial charge in [-0.3, -0.25) is 9.59 Å². The van der Waals surface area contributed by atoms with Crippen LogP contribution in [-0.2, 0) is 33.0 Å². The fraction of sp³-hybridized carbons (Fsp3) is 0.500. The summed E-state index contributed by atoms with van der Waals surface area (Å²) in [4.78, 5) is 23.5. The lowest BCUT2D eigenvalue weighted by molar-refractivity contribution is -0.228. The Labute approximate surface area is 215 Å². The molecule has 0 spiro atoms. The maximum absolute atomic E-state index is 11.8. The van der Waals surface area contributed by atoms with E-state index < -0.39 is 38.8 Å². The van der Waals surface area contributed by atoms with E-state index in [2.05, 4.69) is 45.0 Å². The van der Waals surface area contributed by atoms with E-state index in [9.17, 15) is 9.59 Å². The lowest BCUT2D eigenvalue weighted by Gasteiger charge is -2.43. The summed E-state index contributed by atoms with van der Waals surface area (Å²) in [7, 11) is -1.28. The average Bonchev–Trinajstić information content (AvgIpc) is 2.98. The summed E-state index contributed by atoms with van der Waals surface area (Å²) in [5.74, 6) is -0.946. The molecule has 0 N–H and O–H groups in total. The van der Waals surface area contributed by atoms with Crippen LogP contribution in [0.25, 0.3) is 0 Å². The van der Waals surface area contributed by atoms with Gasteiger partial charge >= 0.3 is 11.9 Å². The van der Waals surface area contributed by atoms with Crippen molar-refractivity contribution < 1.29 is 33.0 Å². The lowest BCUT2D eigenvalue weighted by atomic mass is 10.1. The highest BCUT2D eigenvalue weighted by Gasteiger charge is 2.51. The standard InChI is InChI=1S/C28H38O7Si/c1-20(29)33-25-18-17-22(35-27(31-6)26(25)34-21(2)30)19-32-36(28(3,4)5,23-13-9-7-10-14-23)24-15-11-8-12-16-24/h7-16,22,25-27H,17-19H2,1-6H3/t22-,25+,26+,27+/m0/s1. The number of hydrogen-bond donors (Lipinski definition) is 0. The predicted molar refractivity (Wildman–Crippen MR) is 140 cm³/mol. The fourth-order valence-electron chi connectivity index (χ4n) is 4.98. The van der Waals surface area contributed by atoms with Gasteiger partial charge in [-0.15, -0.1) is 0 Å². The smallest absolute Gasteiger partial charge is 0.303 e. The normalized spacial score (nSPS) is 22.9. The molecule has 0 unspecified atom stereocenters. The highest BCUT2D eigenvalue weighted by atomic mass is 28.4. The molecule has 0 radical (unpaired) electrons. The Morgan fingerprint density at radius 1 is 0.889 bits per heavy atom. The van der Waals surface area contributed by atoms with Crippen LogP contribution in [0.3, 0.4) is 0 Å². The number of ether oxygens (including phenoxy) is 4. The molecule has 2 aromatic carbocycles. The Morgan fingerprint density at radius 2 is 1.42 bits per heavy atom. The molecule has 1 aliphatic rings. The molecule has 196 valence electrons. The zero-order valence-corrected chi connectivity index (χ0v) is 23.1. The van der Waals surface area contributed by atoms with Crippen molar-refractivity contribution in [3.63, 3.8) is 0 Å². The molecule has 0 bridgehead atoms. The molecule has 0 saturated carbocycles. The Bertz CT molecular complexity index is 950. The quantitative estimate of drug-likeness (QED) is 0.394. The van der Waals surface area contributed by atoms with Crippen molar-refractivity contribution in [2.45, 2.75) is 77.1 Å². The van der Waals surface area contributed by atoms with Crippen molar-refractivity contribution in [1.29, 1.82) is 0 Å². The maximum Gasteiger partial charge on any atom is 0.303 e. The largest absolute Gasteiger partial charge is 0.458 e. The van der Waals surface area contributed by atoms with Crippen molar-refractivity contribution in [1.82, 2.24) is 0 Å². The van der Waals surface area contributed by atoms with Crippen molar-refractivity contribution in [3.05, 3.63) is 60.7 Å². The first-order valence-electron chi connectivity index (χ1n) is 12.4. The van der Waals surface area contributed by atoms with Crippen LogP contribution >= 0.6 is 0 Å². The van der Waals surface area contributed by atoms with Crippen LogP contribution in [0.15, 0.2) is 60.7 Å². The Kier molecular flexibility index (Phi) is 9.46. The summed E-state index contributed by atoms with van der Waals surface area (Å²) in [6, 6.07) is 20.8. The minimum Gasteiger partial charge on any atom is -0.458 e. The Hall–Kier alpha value is -2.52. The first-order chi connectivity index (χ1) is 17.1. The second kappa shape index (κ2) is 12.1. The van der Waals surface area contributed by atoms with Crippen LogP contribution in [0.5, 0.6) is 0 Å². The third kappa shape index (κ3) is 6.42. The fourth-order valence-corrected chi connectivity index (χ4v) is 9.57. The molecule has 1 saturated heterocycles. The SMILES string of the molecule is CO[C@@H]1O[C@H](CO[Si](c2ccccc2)(c2ccccc2)C(C)(C)C)CC[C@@H](OC(C)=O)[C@H]1OC(C)=O. The summed E-state index contributed by atoms with van der Waals surface area (Å²) in [6.07, 6.45) is -1.79. The zero-order valence-electron chi connectivity index (χ0n) is 22.1. The van der Waals surface area contributed by atoms with Crippen LogP contribution in [0, 0.1) is 0 Å². The molecule has 8 heteroatoms. The van der Waals surface area contributed by atoms with Gasteiger partial charge in [-0.25, -0.2) is 0 Å². The predicted octanol–water partition coefficient (Wildman–Crippen LogP) is 3.58. The van der Waals surface area contributed by atoms with Crippen LogP contribution in [-0.4, -0.2) is 58.6 Å². The van der Waals surface area contributed by atoms with E-state index in [1.807, 2.05) is 36.4 Å². The second-order valence-electron chi connectivity index (χ2n) is 10.1. The van der Waals surface area contributed by atoms with Crippen LogP contribution in [0.1, 0.15) is 47.5 Å². The zero-order chi connectivity index (χ0) is 26.3. The molecule has 0 aromatic heterocycles. The molecule has 1 aliphatic heterocycles. The van der Waals surface area contributed by atoms with Crippen molar-refractivity contribution >= 4 is 30.6 Å². The minimum absolute atomic E-state index is 0.179. The van der Waals surface area contributed by atoms with E-state index in [1.54, 1.807) is 0 Å². The van der Waals surface area contributed by atoms with Gasteiger partial charge in [0.2, 0.25) is 0 Å². The van der Waals surface area contributed by atoms with Crippen LogP contribution in [0.4, 0.5) is 0 Å². The van der Waals surface area contributed by atoms with Crippen LogP contribution < -0.4 is 10.4 Å². The van der Waals surface area contributed by atoms with E-state index >= 15 is 0 Å². The molecular formula is C28H38O7Si. The van der Waals surface area contributed by atoms with Crippen molar-refractivity contribution in [2.75, 3.05) is 13.7 Å². The van der Waals surface area contributed by atoms with Gasteiger partial charge in [0.05, 0.1) is 12.7 Å². The highest BCUT2D eigenvalue weighted by molar-refractivity contribution is 6.99. The summed E-state index contributed by atoms with van der Waals surface area (Å²) in [6.45, 7) is 9.62. The van der Waals surface area contributed by atoms with Gasteiger partial charge in [0.1, 0.15) is 6.10 Å². The van der Waals surface area contributed by atoms with Gasteiger partial charge in [-0.05, 0) is 28.3 Å². The van der Waals surface area contributed by atoms with E-state index in [-0.39, 0.29) is 11.1 Å². The molecule has 1 fully saturated rings.